The molecule has 2 aromatic carbocycles. The van der Waals surface area contributed by atoms with Gasteiger partial charge in [-0.3, -0.25) is 4.90 Å². The van der Waals surface area contributed by atoms with Gasteiger partial charge in [0.1, 0.15) is 11.5 Å². The molecule has 0 fully saturated rings. The van der Waals surface area contributed by atoms with Crippen molar-refractivity contribution in [2.24, 2.45) is 0 Å². The number of fused-ring (bicyclic) bond motifs is 1. The number of phenolic OH excluding ortho intramolecular Hbond substituents is 1. The molecule has 0 aliphatic heterocycles. The van der Waals surface area contributed by atoms with E-state index < -0.39 is 0 Å². The van der Waals surface area contributed by atoms with E-state index in [4.69, 9.17) is 4.74 Å². The molecule has 0 saturated heterocycles. The van der Waals surface area contributed by atoms with Gasteiger partial charge in [0.25, 0.3) is 0 Å². The van der Waals surface area contributed by atoms with Gasteiger partial charge in [0.05, 0.1) is 7.11 Å². The van der Waals surface area contributed by atoms with E-state index in [-0.39, 0.29) is 0 Å². The summed E-state index contributed by atoms with van der Waals surface area (Å²) in [6.45, 7) is 4.42. The molecule has 1 N–H and O–H groups in total. The molecule has 25 heavy (non-hydrogen) atoms. The Morgan fingerprint density at radius 3 is 2.76 bits per heavy atom. The van der Waals surface area contributed by atoms with E-state index in [1.54, 1.807) is 7.11 Å². The fraction of sp³-hybridized carbons (Fsp3) is 0.455. The van der Waals surface area contributed by atoms with Crippen LogP contribution in [0.15, 0.2) is 42.5 Å². The van der Waals surface area contributed by atoms with Crippen LogP contribution in [0, 0.1) is 0 Å². The predicted octanol–water partition coefficient (Wildman–Crippen LogP) is 4.21. The topological polar surface area (TPSA) is 32.7 Å². The lowest BCUT2D eigenvalue weighted by molar-refractivity contribution is 0.180. The van der Waals surface area contributed by atoms with Crippen molar-refractivity contribution in [3.63, 3.8) is 0 Å². The zero-order valence-corrected chi connectivity index (χ0v) is 15.4. The van der Waals surface area contributed by atoms with Crippen LogP contribution in [0.1, 0.15) is 36.5 Å². The van der Waals surface area contributed by atoms with Crippen molar-refractivity contribution in [2.45, 2.75) is 45.1 Å². The third kappa shape index (κ3) is 4.16. The van der Waals surface area contributed by atoms with Gasteiger partial charge in [-0.25, -0.2) is 0 Å². The van der Waals surface area contributed by atoms with Crippen LogP contribution in [0.4, 0.5) is 0 Å². The van der Waals surface area contributed by atoms with Gasteiger partial charge in [-0.15, -0.1) is 0 Å². The average Bonchev–Trinajstić information content (AvgIpc) is 2.65. The van der Waals surface area contributed by atoms with Gasteiger partial charge in [-0.05, 0) is 67.5 Å². The van der Waals surface area contributed by atoms with E-state index in [9.17, 15) is 5.11 Å². The van der Waals surface area contributed by atoms with Crippen molar-refractivity contribution < 1.29 is 9.84 Å². The molecule has 3 heteroatoms. The van der Waals surface area contributed by atoms with E-state index >= 15 is 0 Å². The highest BCUT2D eigenvalue weighted by Gasteiger charge is 2.25. The molecule has 1 unspecified atom stereocenters. The molecule has 0 saturated carbocycles. The normalized spacial score (nSPS) is 16.7. The number of phenols is 1. The minimum atomic E-state index is 0.465. The lowest BCUT2D eigenvalue weighted by Crippen LogP contribution is -2.41. The zero-order chi connectivity index (χ0) is 17.6. The second kappa shape index (κ2) is 8.39. The Hall–Kier alpha value is -2.00. The zero-order valence-electron chi connectivity index (χ0n) is 15.4. The first-order valence-corrected chi connectivity index (χ1v) is 9.38. The van der Waals surface area contributed by atoms with Crippen molar-refractivity contribution in [3.05, 3.63) is 59.2 Å². The van der Waals surface area contributed by atoms with Crippen LogP contribution in [0.25, 0.3) is 0 Å². The van der Waals surface area contributed by atoms with Gasteiger partial charge >= 0.3 is 0 Å². The number of aromatic hydroxyl groups is 1. The minimum absolute atomic E-state index is 0.465. The molecule has 1 atom stereocenters. The summed E-state index contributed by atoms with van der Waals surface area (Å²) in [4.78, 5) is 2.62. The molecule has 3 rings (SSSR count). The Morgan fingerprint density at radius 2 is 1.96 bits per heavy atom. The first-order chi connectivity index (χ1) is 12.2. The Kier molecular flexibility index (Phi) is 5.98. The molecule has 0 radical (unpaired) electrons. The van der Waals surface area contributed by atoms with Gasteiger partial charge in [0, 0.05) is 12.6 Å². The number of benzene rings is 2. The standard InChI is InChI=1S/C22H29NO2/c1-3-14-23(15-13-17-7-4-5-10-22(17)25-2)19-11-12-20-18(16-19)8-6-9-21(20)24/h4-10,19,24H,3,11-16H2,1-2H3. The molecule has 0 heterocycles. The van der Waals surface area contributed by atoms with Gasteiger partial charge in [-0.1, -0.05) is 37.3 Å². The molecule has 0 bridgehead atoms. The molecule has 134 valence electrons. The Labute approximate surface area is 151 Å². The maximum atomic E-state index is 10.1. The smallest absolute Gasteiger partial charge is 0.122 e. The van der Waals surface area contributed by atoms with Crippen molar-refractivity contribution in [1.82, 2.24) is 4.90 Å². The van der Waals surface area contributed by atoms with Gasteiger partial charge in [0.15, 0.2) is 0 Å². The van der Waals surface area contributed by atoms with E-state index in [1.807, 2.05) is 24.3 Å². The second-order valence-electron chi connectivity index (χ2n) is 6.91. The van der Waals surface area contributed by atoms with E-state index in [1.165, 1.54) is 11.1 Å². The van der Waals surface area contributed by atoms with Crippen LogP contribution < -0.4 is 4.74 Å². The van der Waals surface area contributed by atoms with Crippen LogP contribution >= 0.6 is 0 Å². The van der Waals surface area contributed by atoms with Crippen molar-refractivity contribution in [1.29, 1.82) is 0 Å². The first-order valence-electron chi connectivity index (χ1n) is 9.38. The predicted molar refractivity (Wildman–Crippen MR) is 102 cm³/mol. The maximum Gasteiger partial charge on any atom is 0.122 e. The van der Waals surface area contributed by atoms with Gasteiger partial charge in [0.2, 0.25) is 0 Å². The summed E-state index contributed by atoms with van der Waals surface area (Å²) >= 11 is 0. The van der Waals surface area contributed by atoms with Crippen molar-refractivity contribution in [3.8, 4) is 11.5 Å². The van der Waals surface area contributed by atoms with Crippen LogP contribution in [0.5, 0.6) is 11.5 Å². The molecule has 2 aromatic rings. The van der Waals surface area contributed by atoms with Crippen LogP contribution in [0.2, 0.25) is 0 Å². The lowest BCUT2D eigenvalue weighted by Gasteiger charge is -2.35. The lowest BCUT2D eigenvalue weighted by atomic mass is 9.86. The maximum absolute atomic E-state index is 10.1. The molecule has 0 spiro atoms. The molecular weight excluding hydrogens is 310 g/mol. The molecule has 3 nitrogen and oxygen atoms in total. The van der Waals surface area contributed by atoms with Gasteiger partial charge in [-0.2, -0.15) is 0 Å². The fourth-order valence-corrected chi connectivity index (χ4v) is 4.02. The van der Waals surface area contributed by atoms with Crippen LogP contribution in [-0.2, 0) is 19.3 Å². The number of hydrogen-bond donors (Lipinski definition) is 1. The first kappa shape index (κ1) is 17.8. The highest BCUT2D eigenvalue weighted by molar-refractivity contribution is 5.41. The Balaban J connectivity index is 1.69. The van der Waals surface area contributed by atoms with Crippen LogP contribution in [0.3, 0.4) is 0 Å². The number of ether oxygens (including phenoxy) is 1. The summed E-state index contributed by atoms with van der Waals surface area (Å²) in [7, 11) is 1.74. The minimum Gasteiger partial charge on any atom is -0.508 e. The molecule has 1 aliphatic carbocycles. The summed E-state index contributed by atoms with van der Waals surface area (Å²) in [5, 5.41) is 10.1. The van der Waals surface area contributed by atoms with Crippen molar-refractivity contribution in [2.75, 3.05) is 20.2 Å². The highest BCUT2D eigenvalue weighted by atomic mass is 16.5. The van der Waals surface area contributed by atoms with E-state index in [0.29, 0.717) is 11.8 Å². The monoisotopic (exact) mass is 339 g/mol. The average molecular weight is 339 g/mol. The number of rotatable bonds is 7. The summed E-state index contributed by atoms with van der Waals surface area (Å²) < 4.78 is 5.50. The fourth-order valence-electron chi connectivity index (χ4n) is 4.02. The quantitative estimate of drug-likeness (QED) is 0.820. The number of methoxy groups -OCH3 is 1. The number of nitrogens with zero attached hydrogens (tertiary/aromatic N) is 1. The summed E-state index contributed by atoms with van der Waals surface area (Å²) in [6, 6.07) is 14.8. The summed E-state index contributed by atoms with van der Waals surface area (Å²) in [6.07, 6.45) is 5.30. The molecular formula is C22H29NO2. The van der Waals surface area contributed by atoms with Gasteiger partial charge < -0.3 is 9.84 Å². The third-order valence-corrected chi connectivity index (χ3v) is 5.32. The number of para-hydroxylation sites is 1. The SMILES string of the molecule is CCCN(CCc1ccccc1OC)C1CCc2c(O)cccc2C1. The number of hydrogen-bond acceptors (Lipinski definition) is 3. The summed E-state index contributed by atoms with van der Waals surface area (Å²) in [5.41, 5.74) is 3.74. The highest BCUT2D eigenvalue weighted by Crippen LogP contribution is 2.31. The Morgan fingerprint density at radius 1 is 1.12 bits per heavy atom. The third-order valence-electron chi connectivity index (χ3n) is 5.32. The summed E-state index contributed by atoms with van der Waals surface area (Å²) in [5.74, 6) is 1.45. The second-order valence-corrected chi connectivity index (χ2v) is 6.91. The molecule has 1 aliphatic rings. The van der Waals surface area contributed by atoms with Crippen molar-refractivity contribution >= 4 is 0 Å². The molecule has 0 aromatic heterocycles. The van der Waals surface area contributed by atoms with E-state index in [2.05, 4.69) is 30.0 Å². The van der Waals surface area contributed by atoms with E-state index in [0.717, 1.165) is 56.5 Å². The largest absolute Gasteiger partial charge is 0.508 e. The van der Waals surface area contributed by atoms with Crippen LogP contribution in [-0.4, -0.2) is 36.2 Å². The molecule has 0 amide bonds. The Bertz CT molecular complexity index is 698.